The number of hydrogen-bond donors (Lipinski definition) is 1. The minimum atomic E-state index is -0.508. The van der Waals surface area contributed by atoms with Crippen LogP contribution in [0.5, 0.6) is 0 Å². The molecule has 2 rings (SSSR count). The molecule has 5 nitrogen and oxygen atoms in total. The number of imidazole rings is 1. The highest BCUT2D eigenvalue weighted by molar-refractivity contribution is 6.12. The Morgan fingerprint density at radius 2 is 2.17 bits per heavy atom. The van der Waals surface area contributed by atoms with Crippen molar-refractivity contribution in [2.24, 2.45) is 0 Å². The van der Waals surface area contributed by atoms with Gasteiger partial charge in [0, 0.05) is 5.56 Å². The van der Waals surface area contributed by atoms with Crippen LogP contribution in [0.25, 0.3) is 11.0 Å². The fourth-order valence-electron chi connectivity index (χ4n) is 1.82. The number of carbonyl (C=O) groups is 2. The van der Waals surface area contributed by atoms with Gasteiger partial charge in [-0.2, -0.15) is 0 Å². The number of nitrogens with zero attached hydrogens (tertiary/aromatic N) is 1. The maximum absolute atomic E-state index is 12.0. The van der Waals surface area contributed by atoms with E-state index >= 15 is 0 Å². The maximum atomic E-state index is 12.0. The van der Waals surface area contributed by atoms with Crippen LogP contribution < -0.4 is 0 Å². The van der Waals surface area contributed by atoms with Gasteiger partial charge in [-0.05, 0) is 26.0 Å². The summed E-state index contributed by atoms with van der Waals surface area (Å²) in [5.74, 6) is -0.0429. The Morgan fingerprint density at radius 1 is 1.39 bits per heavy atom. The summed E-state index contributed by atoms with van der Waals surface area (Å²) in [5.41, 5.74) is 1.84. The molecular formula is C13H14N2O3. The van der Waals surface area contributed by atoms with E-state index in [1.807, 2.05) is 13.0 Å². The third kappa shape index (κ3) is 2.40. The number of carbonyl (C=O) groups excluding carboxylic acids is 2. The number of para-hydroxylation sites is 1. The predicted molar refractivity (Wildman–Crippen MR) is 66.4 cm³/mol. The molecule has 0 saturated heterocycles. The molecule has 0 saturated carbocycles. The van der Waals surface area contributed by atoms with Gasteiger partial charge in [-0.1, -0.05) is 6.07 Å². The first-order valence-corrected chi connectivity index (χ1v) is 5.76. The number of fused-ring (bicyclic) bond motifs is 1. The average Bonchev–Trinajstić information content (AvgIpc) is 2.68. The number of rotatable bonds is 4. The third-order valence-corrected chi connectivity index (χ3v) is 2.54. The SMILES string of the molecule is CCOC(=O)CC(=O)c1cccc2[nH]c(C)nc12. The van der Waals surface area contributed by atoms with Gasteiger partial charge in [-0.25, -0.2) is 4.98 Å². The number of benzene rings is 1. The highest BCUT2D eigenvalue weighted by Crippen LogP contribution is 2.18. The van der Waals surface area contributed by atoms with Crippen molar-refractivity contribution in [3.63, 3.8) is 0 Å². The van der Waals surface area contributed by atoms with Crippen molar-refractivity contribution in [1.82, 2.24) is 9.97 Å². The summed E-state index contributed by atoms with van der Waals surface area (Å²) < 4.78 is 4.76. The molecule has 5 heteroatoms. The van der Waals surface area contributed by atoms with E-state index in [1.165, 1.54) is 0 Å². The molecule has 0 bridgehead atoms. The number of Topliss-reactive ketones (excluding diaryl/α,β-unsaturated/α-hetero) is 1. The van der Waals surface area contributed by atoms with E-state index in [9.17, 15) is 9.59 Å². The zero-order valence-electron chi connectivity index (χ0n) is 10.3. The number of H-pyrrole nitrogens is 1. The van der Waals surface area contributed by atoms with Crippen LogP contribution in [-0.4, -0.2) is 28.3 Å². The second-order valence-corrected chi connectivity index (χ2v) is 3.93. The van der Waals surface area contributed by atoms with Crippen LogP contribution in [0.3, 0.4) is 0 Å². The molecule has 0 amide bonds. The molecule has 94 valence electrons. The second kappa shape index (κ2) is 5.00. The average molecular weight is 246 g/mol. The number of ether oxygens (including phenoxy) is 1. The quantitative estimate of drug-likeness (QED) is 0.509. The van der Waals surface area contributed by atoms with Gasteiger partial charge in [-0.3, -0.25) is 9.59 Å². The van der Waals surface area contributed by atoms with Crippen molar-refractivity contribution in [1.29, 1.82) is 0 Å². The van der Waals surface area contributed by atoms with Gasteiger partial charge in [0.05, 0.1) is 17.6 Å². The Labute approximate surface area is 104 Å². The molecule has 1 aromatic carbocycles. The van der Waals surface area contributed by atoms with Gasteiger partial charge in [0.15, 0.2) is 5.78 Å². The summed E-state index contributed by atoms with van der Waals surface area (Å²) in [7, 11) is 0. The molecule has 0 fully saturated rings. The van der Waals surface area contributed by atoms with E-state index in [-0.39, 0.29) is 18.8 Å². The number of nitrogens with one attached hydrogen (secondary N) is 1. The van der Waals surface area contributed by atoms with Crippen LogP contribution in [0.2, 0.25) is 0 Å². The molecule has 0 aliphatic heterocycles. The van der Waals surface area contributed by atoms with Crippen LogP contribution in [0.15, 0.2) is 18.2 Å². The minimum Gasteiger partial charge on any atom is -0.466 e. The third-order valence-electron chi connectivity index (χ3n) is 2.54. The van der Waals surface area contributed by atoms with E-state index in [2.05, 4.69) is 9.97 Å². The lowest BCUT2D eigenvalue weighted by molar-refractivity contribution is -0.141. The first kappa shape index (κ1) is 12.3. The van der Waals surface area contributed by atoms with Gasteiger partial charge < -0.3 is 9.72 Å². The lowest BCUT2D eigenvalue weighted by Gasteiger charge is -2.02. The van der Waals surface area contributed by atoms with Crippen molar-refractivity contribution in [3.8, 4) is 0 Å². The Hall–Kier alpha value is -2.17. The number of aromatic amines is 1. The lowest BCUT2D eigenvalue weighted by atomic mass is 10.1. The molecule has 0 aliphatic carbocycles. The summed E-state index contributed by atoms with van der Waals surface area (Å²) in [6.07, 6.45) is -0.251. The van der Waals surface area contributed by atoms with Gasteiger partial charge in [0.1, 0.15) is 12.2 Å². The first-order chi connectivity index (χ1) is 8.61. The van der Waals surface area contributed by atoms with Crippen molar-refractivity contribution in [2.75, 3.05) is 6.61 Å². The zero-order chi connectivity index (χ0) is 13.1. The zero-order valence-corrected chi connectivity index (χ0v) is 10.3. The largest absolute Gasteiger partial charge is 0.466 e. The van der Waals surface area contributed by atoms with E-state index < -0.39 is 5.97 Å². The summed E-state index contributed by atoms with van der Waals surface area (Å²) in [6, 6.07) is 5.28. The van der Waals surface area contributed by atoms with Crippen LogP contribution in [0.1, 0.15) is 29.5 Å². The van der Waals surface area contributed by atoms with Gasteiger partial charge in [0.2, 0.25) is 0 Å². The van der Waals surface area contributed by atoms with Gasteiger partial charge in [-0.15, -0.1) is 0 Å². The number of hydrogen-bond acceptors (Lipinski definition) is 4. The summed E-state index contributed by atoms with van der Waals surface area (Å²) in [4.78, 5) is 30.6. The number of ketones is 1. The molecule has 0 atom stereocenters. The highest BCUT2D eigenvalue weighted by atomic mass is 16.5. The van der Waals surface area contributed by atoms with Crippen molar-refractivity contribution < 1.29 is 14.3 Å². The van der Waals surface area contributed by atoms with Crippen LogP contribution in [0, 0.1) is 6.92 Å². The molecule has 0 spiro atoms. The topological polar surface area (TPSA) is 72.1 Å². The van der Waals surface area contributed by atoms with E-state index in [0.29, 0.717) is 11.1 Å². The Morgan fingerprint density at radius 3 is 2.89 bits per heavy atom. The molecule has 0 aliphatic rings. The first-order valence-electron chi connectivity index (χ1n) is 5.76. The molecular weight excluding hydrogens is 232 g/mol. The fraction of sp³-hybridized carbons (Fsp3) is 0.308. The second-order valence-electron chi connectivity index (χ2n) is 3.93. The van der Waals surface area contributed by atoms with E-state index in [1.54, 1.807) is 19.1 Å². The fourth-order valence-corrected chi connectivity index (χ4v) is 1.82. The number of aryl methyl sites for hydroxylation is 1. The smallest absolute Gasteiger partial charge is 0.313 e. The standard InChI is InChI=1S/C13H14N2O3/c1-3-18-12(17)7-11(16)9-5-4-6-10-13(9)15-8(2)14-10/h4-6H,3,7H2,1-2H3,(H,14,15). The lowest BCUT2D eigenvalue weighted by Crippen LogP contribution is -2.11. The van der Waals surface area contributed by atoms with Crippen molar-refractivity contribution in [3.05, 3.63) is 29.6 Å². The van der Waals surface area contributed by atoms with Crippen molar-refractivity contribution in [2.45, 2.75) is 20.3 Å². The van der Waals surface area contributed by atoms with Gasteiger partial charge in [0.25, 0.3) is 0 Å². The van der Waals surface area contributed by atoms with Crippen LogP contribution in [0.4, 0.5) is 0 Å². The Kier molecular flexibility index (Phi) is 3.41. The predicted octanol–water partition coefficient (Wildman–Crippen LogP) is 2.01. The summed E-state index contributed by atoms with van der Waals surface area (Å²) in [5, 5.41) is 0. The molecule has 1 heterocycles. The number of esters is 1. The van der Waals surface area contributed by atoms with Crippen molar-refractivity contribution >= 4 is 22.8 Å². The molecule has 2 aromatic rings. The Balaban J connectivity index is 2.30. The van der Waals surface area contributed by atoms with Crippen LogP contribution >= 0.6 is 0 Å². The Bertz CT molecular complexity index is 601. The van der Waals surface area contributed by atoms with Crippen LogP contribution in [-0.2, 0) is 9.53 Å². The normalized spacial score (nSPS) is 10.6. The van der Waals surface area contributed by atoms with E-state index in [4.69, 9.17) is 4.74 Å². The maximum Gasteiger partial charge on any atom is 0.313 e. The molecule has 18 heavy (non-hydrogen) atoms. The molecule has 0 unspecified atom stereocenters. The minimum absolute atomic E-state index is 0.251. The molecule has 0 radical (unpaired) electrons. The molecule has 1 N–H and O–H groups in total. The summed E-state index contributed by atoms with van der Waals surface area (Å²) in [6.45, 7) is 3.80. The highest BCUT2D eigenvalue weighted by Gasteiger charge is 2.16. The summed E-state index contributed by atoms with van der Waals surface area (Å²) >= 11 is 0. The van der Waals surface area contributed by atoms with Gasteiger partial charge >= 0.3 is 5.97 Å². The molecule has 1 aromatic heterocycles. The monoisotopic (exact) mass is 246 g/mol. The number of aromatic nitrogens is 2. The van der Waals surface area contributed by atoms with E-state index in [0.717, 1.165) is 11.3 Å².